The van der Waals surface area contributed by atoms with Crippen LogP contribution in [-0.4, -0.2) is 78.5 Å². The molecule has 3 aliphatic rings. The van der Waals surface area contributed by atoms with Crippen LogP contribution in [0.15, 0.2) is 0 Å². The molecule has 3 fully saturated rings. The number of likely N-dealkylation sites (tertiary alicyclic amines) is 3. The molecule has 0 spiro atoms. The lowest BCUT2D eigenvalue weighted by atomic mass is 9.85. The number of alkyl halides is 2. The van der Waals surface area contributed by atoms with E-state index >= 15 is 0 Å². The highest BCUT2D eigenvalue weighted by Crippen LogP contribution is 2.35. The van der Waals surface area contributed by atoms with Crippen LogP contribution in [0.3, 0.4) is 0 Å². The third-order valence-electron chi connectivity index (χ3n) is 7.16. The van der Waals surface area contributed by atoms with Crippen molar-refractivity contribution < 1.29 is 8.78 Å². The molecule has 3 aliphatic heterocycles. The monoisotopic (exact) mass is 371 g/mol. The molecule has 0 aliphatic carbocycles. The average Bonchev–Trinajstić information content (AvgIpc) is 3.03. The maximum absolute atomic E-state index is 14.9. The quantitative estimate of drug-likeness (QED) is 0.728. The Hall–Kier alpha value is -0.260. The van der Waals surface area contributed by atoms with Gasteiger partial charge in [-0.2, -0.15) is 0 Å². The van der Waals surface area contributed by atoms with E-state index < -0.39 is 12.0 Å². The number of hydrogen-bond acceptors (Lipinski definition) is 3. The van der Waals surface area contributed by atoms with E-state index in [-0.39, 0.29) is 6.54 Å². The van der Waals surface area contributed by atoms with Crippen molar-refractivity contribution in [2.24, 2.45) is 17.8 Å². The molecule has 0 aromatic carbocycles. The summed E-state index contributed by atoms with van der Waals surface area (Å²) in [5, 5.41) is 0. The van der Waals surface area contributed by atoms with Crippen LogP contribution in [0.1, 0.15) is 53.4 Å². The Bertz CT molecular complexity index is 447. The Balaban J connectivity index is 1.49. The standard InChI is InChI=1S/C21H39F2N3/c1-16(2)19-6-11-25(12-7-19)20-8-9-24(15-21(20,22)23)13-18-5-10-26(14-18)17(3)4/h16-20H,5-15H2,1-4H3/t18-,20?/m0/s1. The minimum atomic E-state index is -2.57. The highest BCUT2D eigenvalue weighted by molar-refractivity contribution is 4.95. The summed E-state index contributed by atoms with van der Waals surface area (Å²) in [6.45, 7) is 14.5. The summed E-state index contributed by atoms with van der Waals surface area (Å²) in [6.07, 6.45) is 3.95. The van der Waals surface area contributed by atoms with E-state index in [0.29, 0.717) is 30.2 Å². The molecule has 0 N–H and O–H groups in total. The fourth-order valence-corrected chi connectivity index (χ4v) is 5.35. The summed E-state index contributed by atoms with van der Waals surface area (Å²) in [6, 6.07) is 0.0311. The lowest BCUT2D eigenvalue weighted by Crippen LogP contribution is -2.60. The van der Waals surface area contributed by atoms with Gasteiger partial charge in [0.1, 0.15) is 0 Å². The van der Waals surface area contributed by atoms with Gasteiger partial charge in [-0.3, -0.25) is 9.80 Å². The van der Waals surface area contributed by atoms with Crippen molar-refractivity contribution in [3.8, 4) is 0 Å². The van der Waals surface area contributed by atoms with Gasteiger partial charge in [-0.05, 0) is 76.9 Å². The van der Waals surface area contributed by atoms with Crippen molar-refractivity contribution in [2.75, 3.05) is 45.8 Å². The maximum Gasteiger partial charge on any atom is 0.275 e. The zero-order chi connectivity index (χ0) is 18.9. The molecular formula is C21H39F2N3. The molecule has 3 saturated heterocycles. The van der Waals surface area contributed by atoms with E-state index in [4.69, 9.17) is 0 Å². The summed E-state index contributed by atoms with van der Waals surface area (Å²) in [5.74, 6) is -0.617. The summed E-state index contributed by atoms with van der Waals surface area (Å²) < 4.78 is 29.9. The minimum absolute atomic E-state index is 0.0417. The maximum atomic E-state index is 14.9. The Morgan fingerprint density at radius 3 is 2.15 bits per heavy atom. The number of rotatable bonds is 5. The van der Waals surface area contributed by atoms with Crippen LogP contribution >= 0.6 is 0 Å². The van der Waals surface area contributed by atoms with Crippen molar-refractivity contribution >= 4 is 0 Å². The van der Waals surface area contributed by atoms with Crippen LogP contribution in [0.4, 0.5) is 8.78 Å². The normalized spacial score (nSPS) is 32.8. The van der Waals surface area contributed by atoms with Gasteiger partial charge in [-0.15, -0.1) is 0 Å². The van der Waals surface area contributed by atoms with Gasteiger partial charge in [0.05, 0.1) is 12.6 Å². The Kier molecular flexibility index (Phi) is 6.62. The fourth-order valence-electron chi connectivity index (χ4n) is 5.35. The van der Waals surface area contributed by atoms with Gasteiger partial charge >= 0.3 is 0 Å². The first-order chi connectivity index (χ1) is 12.3. The summed E-state index contributed by atoms with van der Waals surface area (Å²) in [4.78, 5) is 6.63. The van der Waals surface area contributed by atoms with Gasteiger partial charge in [0, 0.05) is 25.7 Å². The molecule has 0 aromatic rings. The van der Waals surface area contributed by atoms with E-state index in [0.717, 1.165) is 58.5 Å². The lowest BCUT2D eigenvalue weighted by molar-refractivity contribution is -0.134. The molecule has 26 heavy (non-hydrogen) atoms. The van der Waals surface area contributed by atoms with Gasteiger partial charge in [-0.25, -0.2) is 8.78 Å². The molecule has 0 radical (unpaired) electrons. The first kappa shape index (κ1) is 20.5. The molecule has 0 aromatic heterocycles. The summed E-state index contributed by atoms with van der Waals surface area (Å²) in [5.41, 5.74) is 0. The van der Waals surface area contributed by atoms with E-state index in [1.807, 2.05) is 4.90 Å². The van der Waals surface area contributed by atoms with Crippen LogP contribution in [-0.2, 0) is 0 Å². The predicted octanol–water partition coefficient (Wildman–Crippen LogP) is 3.79. The van der Waals surface area contributed by atoms with Gasteiger partial charge in [0.15, 0.2) is 0 Å². The number of piperidine rings is 2. The van der Waals surface area contributed by atoms with Crippen molar-refractivity contribution in [3.05, 3.63) is 0 Å². The van der Waals surface area contributed by atoms with Crippen molar-refractivity contribution in [1.82, 2.24) is 14.7 Å². The van der Waals surface area contributed by atoms with Gasteiger partial charge < -0.3 is 4.90 Å². The smallest absolute Gasteiger partial charge is 0.275 e. The van der Waals surface area contributed by atoms with Crippen LogP contribution in [0.2, 0.25) is 0 Å². The molecule has 0 amide bonds. The van der Waals surface area contributed by atoms with Crippen molar-refractivity contribution in [1.29, 1.82) is 0 Å². The van der Waals surface area contributed by atoms with E-state index in [1.165, 1.54) is 0 Å². The van der Waals surface area contributed by atoms with Gasteiger partial charge in [0.2, 0.25) is 0 Å². The lowest BCUT2D eigenvalue weighted by Gasteiger charge is -2.46. The summed E-state index contributed by atoms with van der Waals surface area (Å²) >= 11 is 0. The SMILES string of the molecule is CC(C)C1CCN(C2CCN(C[C@@H]3CCN(C(C)C)C3)CC2(F)F)CC1. The Labute approximate surface area is 159 Å². The number of hydrogen-bond donors (Lipinski definition) is 0. The zero-order valence-electron chi connectivity index (χ0n) is 17.3. The van der Waals surface area contributed by atoms with Crippen LogP contribution in [0.25, 0.3) is 0 Å². The highest BCUT2D eigenvalue weighted by atomic mass is 19.3. The number of halogens is 2. The second-order valence-corrected chi connectivity index (χ2v) is 9.66. The Morgan fingerprint density at radius 2 is 1.62 bits per heavy atom. The average molecular weight is 372 g/mol. The molecule has 5 heteroatoms. The van der Waals surface area contributed by atoms with Gasteiger partial charge in [0.25, 0.3) is 5.92 Å². The second kappa shape index (κ2) is 8.40. The van der Waals surface area contributed by atoms with E-state index in [9.17, 15) is 8.78 Å². The summed E-state index contributed by atoms with van der Waals surface area (Å²) in [7, 11) is 0. The highest BCUT2D eigenvalue weighted by Gasteiger charge is 2.48. The molecule has 152 valence electrons. The molecule has 0 saturated carbocycles. The second-order valence-electron chi connectivity index (χ2n) is 9.66. The van der Waals surface area contributed by atoms with Crippen molar-refractivity contribution in [3.63, 3.8) is 0 Å². The largest absolute Gasteiger partial charge is 0.301 e. The molecule has 3 nitrogen and oxygen atoms in total. The molecule has 2 atom stereocenters. The third kappa shape index (κ3) is 4.77. The van der Waals surface area contributed by atoms with E-state index in [2.05, 4.69) is 37.5 Å². The molecule has 0 bridgehead atoms. The van der Waals surface area contributed by atoms with Crippen LogP contribution < -0.4 is 0 Å². The topological polar surface area (TPSA) is 9.72 Å². The van der Waals surface area contributed by atoms with Crippen LogP contribution in [0.5, 0.6) is 0 Å². The molecular weight excluding hydrogens is 332 g/mol. The predicted molar refractivity (Wildman–Crippen MR) is 104 cm³/mol. The van der Waals surface area contributed by atoms with Crippen LogP contribution in [0, 0.1) is 17.8 Å². The number of nitrogens with zero attached hydrogens (tertiary/aromatic N) is 3. The Morgan fingerprint density at radius 1 is 0.923 bits per heavy atom. The van der Waals surface area contributed by atoms with E-state index in [1.54, 1.807) is 0 Å². The van der Waals surface area contributed by atoms with Crippen molar-refractivity contribution in [2.45, 2.75) is 71.4 Å². The third-order valence-corrected chi connectivity index (χ3v) is 7.16. The first-order valence-electron chi connectivity index (χ1n) is 10.8. The molecule has 3 rings (SSSR count). The first-order valence-corrected chi connectivity index (χ1v) is 10.8. The zero-order valence-corrected chi connectivity index (χ0v) is 17.3. The fraction of sp³-hybridized carbons (Fsp3) is 1.00. The molecule has 3 heterocycles. The molecule has 1 unspecified atom stereocenters. The minimum Gasteiger partial charge on any atom is -0.301 e. The van der Waals surface area contributed by atoms with Gasteiger partial charge in [-0.1, -0.05) is 13.8 Å².